The Kier molecular flexibility index (Phi) is 4.52. The molecule has 1 heterocycles. The van der Waals surface area contributed by atoms with Crippen molar-refractivity contribution in [3.8, 4) is 0 Å². The van der Waals surface area contributed by atoms with E-state index in [0.717, 1.165) is 35.5 Å². The zero-order chi connectivity index (χ0) is 13.8. The number of hydrogen-bond acceptors (Lipinski definition) is 4. The molecule has 0 aliphatic carbocycles. The van der Waals surface area contributed by atoms with Gasteiger partial charge in [0, 0.05) is 10.6 Å². The Hall–Kier alpha value is -1.44. The normalized spacial score (nSPS) is 10.5. The number of hydrazine groups is 1. The molecule has 0 fully saturated rings. The monoisotopic (exact) mass is 300 g/mol. The van der Waals surface area contributed by atoms with Crippen LogP contribution in [0.15, 0.2) is 34.5 Å². The molecule has 1 aromatic heterocycles. The lowest BCUT2D eigenvalue weighted by Crippen LogP contribution is -2.29. The largest absolute Gasteiger partial charge is 0.289 e. The second-order valence-electron chi connectivity index (χ2n) is 3.61. The van der Waals surface area contributed by atoms with E-state index in [0.29, 0.717) is 10.6 Å². The molecule has 0 saturated carbocycles. The summed E-state index contributed by atoms with van der Waals surface area (Å²) in [7, 11) is 0. The van der Waals surface area contributed by atoms with E-state index in [1.165, 1.54) is 11.3 Å². The highest BCUT2D eigenvalue weighted by Gasteiger charge is 2.13. The Morgan fingerprint density at radius 1 is 1.37 bits per heavy atom. The van der Waals surface area contributed by atoms with Gasteiger partial charge >= 0.3 is 0 Å². The number of nitrogen functional groups attached to an aromatic ring is 1. The molecule has 2 rings (SSSR count). The molecule has 0 spiro atoms. The lowest BCUT2D eigenvalue weighted by molar-refractivity contribution is 0.0957. The Morgan fingerprint density at radius 2 is 2.16 bits per heavy atom. The number of carbonyl (C=O) groups is 1. The summed E-state index contributed by atoms with van der Waals surface area (Å²) in [6.45, 7) is 0. The van der Waals surface area contributed by atoms with Gasteiger partial charge in [0.2, 0.25) is 0 Å². The van der Waals surface area contributed by atoms with Crippen molar-refractivity contribution >= 4 is 29.0 Å². The van der Waals surface area contributed by atoms with Gasteiger partial charge in [0.15, 0.2) is 0 Å². The van der Waals surface area contributed by atoms with Gasteiger partial charge < -0.3 is 0 Å². The Morgan fingerprint density at radius 3 is 2.89 bits per heavy atom. The minimum Gasteiger partial charge on any atom is -0.289 e. The third-order valence-corrected chi connectivity index (χ3v) is 4.40. The minimum absolute atomic E-state index is 0.213. The number of thiophene rings is 1. The molecule has 7 heteroatoms. The first-order valence-corrected chi connectivity index (χ1v) is 7.13. The van der Waals surface area contributed by atoms with Gasteiger partial charge in [-0.05, 0) is 35.2 Å². The summed E-state index contributed by atoms with van der Waals surface area (Å²) in [5, 5.41) is 1.75. The van der Waals surface area contributed by atoms with E-state index in [4.69, 9.17) is 5.84 Å². The fourth-order valence-electron chi connectivity index (χ4n) is 1.46. The van der Waals surface area contributed by atoms with Crippen molar-refractivity contribution in [1.82, 2.24) is 5.43 Å². The van der Waals surface area contributed by atoms with E-state index < -0.39 is 11.6 Å². The summed E-state index contributed by atoms with van der Waals surface area (Å²) >= 11 is 2.38. The molecule has 0 radical (unpaired) electrons. The Bertz CT molecular complexity index is 601. The van der Waals surface area contributed by atoms with Crippen LogP contribution >= 0.6 is 23.1 Å². The topological polar surface area (TPSA) is 55.1 Å². The van der Waals surface area contributed by atoms with Crippen molar-refractivity contribution < 1.29 is 13.6 Å². The van der Waals surface area contributed by atoms with E-state index >= 15 is 0 Å². The van der Waals surface area contributed by atoms with Gasteiger partial charge in [0.25, 0.3) is 5.91 Å². The molecule has 0 bridgehead atoms. The number of halogens is 2. The lowest BCUT2D eigenvalue weighted by atomic mass is 10.3. The molecule has 0 atom stereocenters. The number of hydrogen-bond donors (Lipinski definition) is 2. The average Bonchev–Trinajstić information content (AvgIpc) is 2.87. The van der Waals surface area contributed by atoms with Crippen molar-refractivity contribution in [1.29, 1.82) is 0 Å². The summed E-state index contributed by atoms with van der Waals surface area (Å²) in [5.74, 6) is 4.09. The van der Waals surface area contributed by atoms with Crippen molar-refractivity contribution in [2.45, 2.75) is 10.6 Å². The first-order valence-electron chi connectivity index (χ1n) is 5.27. The van der Waals surface area contributed by atoms with E-state index in [-0.39, 0.29) is 10.8 Å². The van der Waals surface area contributed by atoms with Crippen LogP contribution in [0.2, 0.25) is 0 Å². The second-order valence-corrected chi connectivity index (χ2v) is 5.55. The molecule has 0 saturated heterocycles. The summed E-state index contributed by atoms with van der Waals surface area (Å²) in [5.41, 5.74) is 2.79. The van der Waals surface area contributed by atoms with Crippen molar-refractivity contribution in [2.75, 3.05) is 0 Å². The van der Waals surface area contributed by atoms with Gasteiger partial charge in [0.1, 0.15) is 11.6 Å². The summed E-state index contributed by atoms with van der Waals surface area (Å²) in [6, 6.07) is 5.05. The molecule has 19 heavy (non-hydrogen) atoms. The summed E-state index contributed by atoms with van der Waals surface area (Å²) in [4.78, 5) is 12.2. The highest BCUT2D eigenvalue weighted by molar-refractivity contribution is 7.98. The van der Waals surface area contributed by atoms with Crippen LogP contribution in [0.1, 0.15) is 15.2 Å². The first-order chi connectivity index (χ1) is 9.11. The van der Waals surface area contributed by atoms with Crippen molar-refractivity contribution in [3.63, 3.8) is 0 Å². The Labute approximate surface area is 116 Å². The molecule has 3 nitrogen and oxygen atoms in total. The van der Waals surface area contributed by atoms with Crippen LogP contribution in [-0.4, -0.2) is 5.91 Å². The molecular formula is C12H10F2N2OS2. The SMILES string of the molecule is NNC(=O)c1sccc1CSc1cc(F)ccc1F. The quantitative estimate of drug-likeness (QED) is 0.395. The predicted molar refractivity (Wildman–Crippen MR) is 71.9 cm³/mol. The number of carbonyl (C=O) groups excluding carboxylic acids is 1. The number of rotatable bonds is 4. The lowest BCUT2D eigenvalue weighted by Gasteiger charge is -2.04. The molecule has 1 amide bonds. The number of thioether (sulfide) groups is 1. The number of benzene rings is 1. The fraction of sp³-hybridized carbons (Fsp3) is 0.0833. The van der Waals surface area contributed by atoms with E-state index in [1.54, 1.807) is 11.4 Å². The van der Waals surface area contributed by atoms with Crippen LogP contribution < -0.4 is 11.3 Å². The molecule has 3 N–H and O–H groups in total. The van der Waals surface area contributed by atoms with E-state index in [1.807, 2.05) is 0 Å². The standard InChI is InChI=1S/C12H10F2N2OS2/c13-8-1-2-9(14)10(5-8)19-6-7-3-4-18-11(7)12(17)16-15/h1-5H,6,15H2,(H,16,17). The maximum atomic E-state index is 13.4. The zero-order valence-corrected chi connectivity index (χ0v) is 11.3. The van der Waals surface area contributed by atoms with Gasteiger partial charge in [-0.2, -0.15) is 0 Å². The fourth-order valence-corrected chi connectivity index (χ4v) is 3.33. The minimum atomic E-state index is -0.492. The number of amides is 1. The maximum Gasteiger partial charge on any atom is 0.275 e. The molecule has 1 aromatic carbocycles. The molecule has 2 aromatic rings. The van der Waals surface area contributed by atoms with Gasteiger partial charge in [-0.1, -0.05) is 0 Å². The van der Waals surface area contributed by atoms with Crippen LogP contribution in [0, 0.1) is 11.6 Å². The van der Waals surface area contributed by atoms with E-state index in [9.17, 15) is 13.6 Å². The average molecular weight is 300 g/mol. The number of nitrogens with two attached hydrogens (primary N) is 1. The van der Waals surface area contributed by atoms with Crippen molar-refractivity contribution in [2.24, 2.45) is 5.84 Å². The molecule has 0 aliphatic heterocycles. The van der Waals surface area contributed by atoms with Crippen LogP contribution in [0.3, 0.4) is 0 Å². The first kappa shape index (κ1) is 14.0. The highest BCUT2D eigenvalue weighted by atomic mass is 32.2. The highest BCUT2D eigenvalue weighted by Crippen LogP contribution is 2.29. The van der Waals surface area contributed by atoms with Gasteiger partial charge in [-0.15, -0.1) is 23.1 Å². The molecule has 100 valence electrons. The predicted octanol–water partition coefficient (Wildman–Crippen LogP) is 2.92. The van der Waals surface area contributed by atoms with Gasteiger partial charge in [-0.25, -0.2) is 14.6 Å². The van der Waals surface area contributed by atoms with Crippen molar-refractivity contribution in [3.05, 3.63) is 51.7 Å². The molecule has 0 aliphatic rings. The van der Waals surface area contributed by atoms with E-state index in [2.05, 4.69) is 5.43 Å². The Balaban J connectivity index is 2.13. The number of nitrogens with one attached hydrogen (secondary N) is 1. The van der Waals surface area contributed by atoms with Gasteiger partial charge in [0.05, 0.1) is 4.88 Å². The second kappa shape index (κ2) is 6.14. The molecule has 0 unspecified atom stereocenters. The summed E-state index contributed by atoms with van der Waals surface area (Å²) < 4.78 is 26.5. The summed E-state index contributed by atoms with van der Waals surface area (Å²) in [6.07, 6.45) is 0. The van der Waals surface area contributed by atoms with Crippen LogP contribution in [0.25, 0.3) is 0 Å². The zero-order valence-electron chi connectivity index (χ0n) is 9.65. The third kappa shape index (κ3) is 3.31. The molecular weight excluding hydrogens is 290 g/mol. The third-order valence-electron chi connectivity index (χ3n) is 2.36. The maximum absolute atomic E-state index is 13.4. The van der Waals surface area contributed by atoms with Crippen LogP contribution in [0.5, 0.6) is 0 Å². The van der Waals surface area contributed by atoms with Gasteiger partial charge in [-0.3, -0.25) is 10.2 Å². The smallest absolute Gasteiger partial charge is 0.275 e. The van der Waals surface area contributed by atoms with Crippen LogP contribution in [0.4, 0.5) is 8.78 Å². The van der Waals surface area contributed by atoms with Crippen LogP contribution in [-0.2, 0) is 5.75 Å².